The highest BCUT2D eigenvalue weighted by Crippen LogP contribution is 2.25. The molecule has 0 spiro atoms. The van der Waals surface area contributed by atoms with Gasteiger partial charge in [-0.05, 0) is 12.1 Å². The number of hydrogen-bond acceptors (Lipinski definition) is 4. The number of hydrogen-bond donors (Lipinski definition) is 1. The molecule has 0 saturated heterocycles. The minimum atomic E-state index is -2.82. The number of aromatic nitrogens is 2. The largest absolute Gasteiger partial charge is 0.465 e. The zero-order valence-corrected chi connectivity index (χ0v) is 10.3. The van der Waals surface area contributed by atoms with Crippen molar-refractivity contribution in [2.24, 2.45) is 0 Å². The molecule has 1 aromatic carbocycles. The Balaban J connectivity index is 2.42. The van der Waals surface area contributed by atoms with Gasteiger partial charge in [0.2, 0.25) is 0 Å². The van der Waals surface area contributed by atoms with E-state index in [2.05, 4.69) is 9.84 Å². The van der Waals surface area contributed by atoms with E-state index in [9.17, 15) is 18.0 Å². The van der Waals surface area contributed by atoms with Crippen molar-refractivity contribution in [2.45, 2.75) is 6.43 Å². The van der Waals surface area contributed by atoms with Crippen molar-refractivity contribution in [3.63, 3.8) is 0 Å². The molecule has 0 saturated carbocycles. The van der Waals surface area contributed by atoms with Gasteiger partial charge in [-0.2, -0.15) is 5.10 Å². The highest BCUT2D eigenvalue weighted by molar-refractivity contribution is 5.89. The van der Waals surface area contributed by atoms with Crippen LogP contribution in [0.4, 0.5) is 18.9 Å². The Hall–Kier alpha value is -2.51. The average molecular weight is 285 g/mol. The van der Waals surface area contributed by atoms with Crippen LogP contribution in [-0.4, -0.2) is 22.9 Å². The molecule has 0 fully saturated rings. The molecule has 0 unspecified atom stereocenters. The van der Waals surface area contributed by atoms with Gasteiger partial charge in [0.05, 0.1) is 30.2 Å². The van der Waals surface area contributed by atoms with Gasteiger partial charge in [-0.3, -0.25) is 0 Å². The number of methoxy groups -OCH3 is 1. The second-order valence-electron chi connectivity index (χ2n) is 3.87. The van der Waals surface area contributed by atoms with Crippen molar-refractivity contribution in [3.05, 3.63) is 41.5 Å². The third kappa shape index (κ3) is 2.44. The van der Waals surface area contributed by atoms with Crippen molar-refractivity contribution in [3.8, 4) is 5.69 Å². The van der Waals surface area contributed by atoms with Crippen molar-refractivity contribution in [2.75, 3.05) is 12.8 Å². The molecule has 106 valence electrons. The standard InChI is InChI=1S/C12H10F3N3O2/c1-20-12(19)7-3-2-6(4-8(7)13)18-5-9(16)10(17-18)11(14)15/h2-5,11H,16H2,1H3. The van der Waals surface area contributed by atoms with E-state index in [1.807, 2.05) is 0 Å². The summed E-state index contributed by atoms with van der Waals surface area (Å²) in [7, 11) is 1.12. The molecule has 20 heavy (non-hydrogen) atoms. The summed E-state index contributed by atoms with van der Waals surface area (Å²) in [4.78, 5) is 11.2. The third-order valence-electron chi connectivity index (χ3n) is 2.60. The second-order valence-corrected chi connectivity index (χ2v) is 3.87. The molecular formula is C12H10F3N3O2. The molecule has 2 aromatic rings. The van der Waals surface area contributed by atoms with Crippen molar-refractivity contribution in [1.82, 2.24) is 9.78 Å². The van der Waals surface area contributed by atoms with Crippen LogP contribution in [0.25, 0.3) is 5.69 Å². The zero-order valence-electron chi connectivity index (χ0n) is 10.3. The Bertz CT molecular complexity index is 655. The van der Waals surface area contributed by atoms with Crippen LogP contribution < -0.4 is 5.73 Å². The van der Waals surface area contributed by atoms with E-state index < -0.39 is 23.9 Å². The maximum Gasteiger partial charge on any atom is 0.340 e. The molecule has 0 atom stereocenters. The maximum atomic E-state index is 13.7. The van der Waals surface area contributed by atoms with Crippen LogP contribution in [0.1, 0.15) is 22.5 Å². The zero-order chi connectivity index (χ0) is 14.9. The Kier molecular flexibility index (Phi) is 3.64. The molecule has 0 bridgehead atoms. The number of benzene rings is 1. The van der Waals surface area contributed by atoms with Crippen LogP contribution in [0.3, 0.4) is 0 Å². The number of carbonyl (C=O) groups excluding carboxylic acids is 1. The fraction of sp³-hybridized carbons (Fsp3) is 0.167. The van der Waals surface area contributed by atoms with Gasteiger partial charge in [0.1, 0.15) is 5.82 Å². The number of ether oxygens (including phenoxy) is 1. The van der Waals surface area contributed by atoms with Gasteiger partial charge in [0.15, 0.2) is 5.69 Å². The molecule has 0 aliphatic heterocycles. The number of alkyl halides is 2. The first kappa shape index (κ1) is 13.9. The molecule has 5 nitrogen and oxygen atoms in total. The first-order chi connectivity index (χ1) is 9.43. The van der Waals surface area contributed by atoms with Gasteiger partial charge in [-0.25, -0.2) is 22.6 Å². The molecule has 0 amide bonds. The van der Waals surface area contributed by atoms with Crippen LogP contribution >= 0.6 is 0 Å². The first-order valence-electron chi connectivity index (χ1n) is 5.45. The Morgan fingerprint density at radius 2 is 2.15 bits per heavy atom. The van der Waals surface area contributed by atoms with Crippen molar-refractivity contribution in [1.29, 1.82) is 0 Å². The lowest BCUT2D eigenvalue weighted by atomic mass is 10.2. The van der Waals surface area contributed by atoms with E-state index in [-0.39, 0.29) is 16.9 Å². The maximum absolute atomic E-state index is 13.7. The van der Waals surface area contributed by atoms with E-state index in [0.29, 0.717) is 0 Å². The molecule has 2 N–H and O–H groups in total. The number of anilines is 1. The minimum absolute atomic E-state index is 0.161. The molecule has 0 aliphatic carbocycles. The van der Waals surface area contributed by atoms with Crippen LogP contribution in [0.15, 0.2) is 24.4 Å². The van der Waals surface area contributed by atoms with Gasteiger partial charge in [-0.1, -0.05) is 0 Å². The number of esters is 1. The summed E-state index contributed by atoms with van der Waals surface area (Å²) in [5, 5.41) is 3.57. The molecular weight excluding hydrogens is 275 g/mol. The monoisotopic (exact) mass is 285 g/mol. The minimum Gasteiger partial charge on any atom is -0.465 e. The second kappa shape index (κ2) is 5.24. The van der Waals surface area contributed by atoms with Crippen molar-refractivity contribution < 1.29 is 22.7 Å². The van der Waals surface area contributed by atoms with Crippen molar-refractivity contribution >= 4 is 11.7 Å². The van der Waals surface area contributed by atoms with Crippen LogP contribution in [0, 0.1) is 5.82 Å². The summed E-state index contributed by atoms with van der Waals surface area (Å²) < 4.78 is 44.3. The summed E-state index contributed by atoms with van der Waals surface area (Å²) in [6.07, 6.45) is -1.68. The molecule has 0 radical (unpaired) electrons. The fourth-order valence-corrected chi connectivity index (χ4v) is 1.62. The number of nitrogens with zero attached hydrogens (tertiary/aromatic N) is 2. The topological polar surface area (TPSA) is 70.1 Å². The van der Waals surface area contributed by atoms with E-state index >= 15 is 0 Å². The first-order valence-corrected chi connectivity index (χ1v) is 5.45. The van der Waals surface area contributed by atoms with Gasteiger partial charge < -0.3 is 10.5 Å². The molecule has 2 rings (SSSR count). The Labute approximate surface area is 111 Å². The summed E-state index contributed by atoms with van der Waals surface area (Å²) >= 11 is 0. The van der Waals surface area contributed by atoms with Crippen LogP contribution in [-0.2, 0) is 4.74 Å². The lowest BCUT2D eigenvalue weighted by Crippen LogP contribution is -2.06. The smallest absolute Gasteiger partial charge is 0.340 e. The highest BCUT2D eigenvalue weighted by Gasteiger charge is 2.18. The number of carbonyl (C=O) groups is 1. The molecule has 1 heterocycles. The van der Waals surface area contributed by atoms with Gasteiger partial charge in [0, 0.05) is 6.07 Å². The number of nitrogen functional groups attached to an aromatic ring is 1. The number of halogens is 3. The van der Waals surface area contributed by atoms with E-state index in [1.165, 1.54) is 12.1 Å². The number of nitrogens with two attached hydrogens (primary N) is 1. The predicted molar refractivity (Wildman–Crippen MR) is 64.2 cm³/mol. The lowest BCUT2D eigenvalue weighted by Gasteiger charge is -2.04. The summed E-state index contributed by atoms with van der Waals surface area (Å²) in [6.45, 7) is 0. The highest BCUT2D eigenvalue weighted by atomic mass is 19.3. The average Bonchev–Trinajstić information content (AvgIpc) is 2.80. The molecule has 8 heteroatoms. The lowest BCUT2D eigenvalue weighted by molar-refractivity contribution is 0.0595. The summed E-state index contributed by atoms with van der Waals surface area (Å²) in [6, 6.07) is 3.50. The van der Waals surface area contributed by atoms with Gasteiger partial charge in [0.25, 0.3) is 6.43 Å². The fourth-order valence-electron chi connectivity index (χ4n) is 1.62. The Morgan fingerprint density at radius 3 is 2.65 bits per heavy atom. The Morgan fingerprint density at radius 1 is 1.45 bits per heavy atom. The third-order valence-corrected chi connectivity index (χ3v) is 2.60. The van der Waals surface area contributed by atoms with E-state index in [0.717, 1.165) is 24.1 Å². The van der Waals surface area contributed by atoms with E-state index in [4.69, 9.17) is 5.73 Å². The number of rotatable bonds is 3. The molecule has 0 aliphatic rings. The van der Waals surface area contributed by atoms with Crippen LogP contribution in [0.5, 0.6) is 0 Å². The SMILES string of the molecule is COC(=O)c1ccc(-n2cc(N)c(C(F)F)n2)cc1F. The van der Waals surface area contributed by atoms with Gasteiger partial charge in [-0.15, -0.1) is 0 Å². The quantitative estimate of drug-likeness (QED) is 0.879. The normalized spacial score (nSPS) is 10.8. The van der Waals surface area contributed by atoms with Gasteiger partial charge >= 0.3 is 5.97 Å². The summed E-state index contributed by atoms with van der Waals surface area (Å²) in [5.41, 5.74) is 4.51. The molecule has 1 aromatic heterocycles. The van der Waals surface area contributed by atoms with E-state index in [1.54, 1.807) is 0 Å². The summed E-state index contributed by atoms with van der Waals surface area (Å²) in [5.74, 6) is -1.68. The predicted octanol–water partition coefficient (Wildman–Crippen LogP) is 2.32. The van der Waals surface area contributed by atoms with Crippen LogP contribution in [0.2, 0.25) is 0 Å².